The van der Waals surface area contributed by atoms with E-state index in [0.717, 1.165) is 31.1 Å². The SMILES string of the molecule is CSC[C@@H](C)C(=O)N(Cc1nccn1C)[C@H]1CC12CCNCC2. The summed E-state index contributed by atoms with van der Waals surface area (Å²) in [6.45, 7) is 4.87. The van der Waals surface area contributed by atoms with Crippen molar-refractivity contribution >= 4 is 17.7 Å². The molecular weight excluding hydrogens is 308 g/mol. The number of nitrogens with one attached hydrogen (secondary N) is 1. The summed E-state index contributed by atoms with van der Waals surface area (Å²) in [5.41, 5.74) is 0.366. The van der Waals surface area contributed by atoms with E-state index in [1.54, 1.807) is 11.8 Å². The zero-order chi connectivity index (χ0) is 16.4. The van der Waals surface area contributed by atoms with Crippen LogP contribution in [0.1, 0.15) is 32.0 Å². The Hall–Kier alpha value is -1.01. The summed E-state index contributed by atoms with van der Waals surface area (Å²) < 4.78 is 2.02. The molecule has 128 valence electrons. The van der Waals surface area contributed by atoms with Crippen molar-refractivity contribution in [1.29, 1.82) is 0 Å². The van der Waals surface area contributed by atoms with Crippen molar-refractivity contribution in [2.75, 3.05) is 25.1 Å². The normalized spacial score (nSPS) is 23.7. The molecule has 23 heavy (non-hydrogen) atoms. The number of piperidine rings is 1. The third kappa shape index (κ3) is 3.43. The maximum absolute atomic E-state index is 13.0. The molecule has 1 aromatic heterocycles. The topological polar surface area (TPSA) is 50.2 Å². The zero-order valence-corrected chi connectivity index (χ0v) is 15.2. The average molecular weight is 337 g/mol. The van der Waals surface area contributed by atoms with E-state index >= 15 is 0 Å². The van der Waals surface area contributed by atoms with Gasteiger partial charge in [0.25, 0.3) is 0 Å². The molecule has 0 radical (unpaired) electrons. The molecule has 1 aromatic rings. The van der Waals surface area contributed by atoms with Crippen LogP contribution in [0.4, 0.5) is 0 Å². The quantitative estimate of drug-likeness (QED) is 0.862. The number of carbonyl (C=O) groups is 1. The lowest BCUT2D eigenvalue weighted by Crippen LogP contribution is -2.42. The first-order chi connectivity index (χ1) is 11.1. The second-order valence-electron chi connectivity index (χ2n) is 7.11. The van der Waals surface area contributed by atoms with E-state index in [-0.39, 0.29) is 5.92 Å². The number of hydrogen-bond donors (Lipinski definition) is 1. The number of rotatable bonds is 6. The van der Waals surface area contributed by atoms with Crippen molar-refractivity contribution in [2.24, 2.45) is 18.4 Å². The zero-order valence-electron chi connectivity index (χ0n) is 14.4. The predicted octanol–water partition coefficient (Wildman–Crippen LogP) is 1.89. The van der Waals surface area contributed by atoms with E-state index in [2.05, 4.69) is 28.4 Å². The van der Waals surface area contributed by atoms with Crippen molar-refractivity contribution in [3.05, 3.63) is 18.2 Å². The lowest BCUT2D eigenvalue weighted by Gasteiger charge is -2.31. The number of amides is 1. The van der Waals surface area contributed by atoms with Gasteiger partial charge >= 0.3 is 0 Å². The van der Waals surface area contributed by atoms with Crippen LogP contribution in [0.15, 0.2) is 12.4 Å². The number of nitrogens with zero attached hydrogens (tertiary/aromatic N) is 3. The molecule has 6 heteroatoms. The van der Waals surface area contributed by atoms with Gasteiger partial charge in [0, 0.05) is 37.2 Å². The van der Waals surface area contributed by atoms with E-state index in [0.29, 0.717) is 23.9 Å². The molecule has 1 saturated carbocycles. The summed E-state index contributed by atoms with van der Waals surface area (Å²) in [5.74, 6) is 2.23. The van der Waals surface area contributed by atoms with Crippen LogP contribution in [0.5, 0.6) is 0 Å². The molecule has 0 bridgehead atoms. The van der Waals surface area contributed by atoms with Gasteiger partial charge in [-0.15, -0.1) is 0 Å². The average Bonchev–Trinajstić information content (AvgIpc) is 3.06. The van der Waals surface area contributed by atoms with Gasteiger partial charge in [0.1, 0.15) is 5.82 Å². The van der Waals surface area contributed by atoms with Crippen molar-refractivity contribution in [2.45, 2.75) is 38.8 Å². The summed E-state index contributed by atoms with van der Waals surface area (Å²) in [6.07, 6.45) is 9.39. The highest BCUT2D eigenvalue weighted by atomic mass is 32.2. The van der Waals surface area contributed by atoms with Crippen LogP contribution in [0, 0.1) is 11.3 Å². The molecule has 1 aliphatic heterocycles. The van der Waals surface area contributed by atoms with Gasteiger partial charge in [-0.3, -0.25) is 4.79 Å². The molecule has 0 aromatic carbocycles. The fourth-order valence-electron chi connectivity index (χ4n) is 3.88. The molecule has 2 atom stereocenters. The molecule has 1 aliphatic carbocycles. The summed E-state index contributed by atoms with van der Waals surface area (Å²) in [4.78, 5) is 19.6. The molecular formula is C17H28N4OS. The Morgan fingerprint density at radius 3 is 2.91 bits per heavy atom. The Morgan fingerprint density at radius 1 is 1.57 bits per heavy atom. The number of imidazole rings is 1. The lowest BCUT2D eigenvalue weighted by molar-refractivity contribution is -0.136. The van der Waals surface area contributed by atoms with Crippen LogP contribution in [0.2, 0.25) is 0 Å². The number of hydrogen-bond acceptors (Lipinski definition) is 4. The Morgan fingerprint density at radius 2 is 2.30 bits per heavy atom. The fourth-order valence-corrected chi connectivity index (χ4v) is 4.52. The molecule has 3 rings (SSSR count). The van der Waals surface area contributed by atoms with Gasteiger partial charge in [-0.05, 0) is 44.0 Å². The standard InChI is InChI=1S/C17H28N4OS/c1-13(12-23-3)16(22)21(11-15-19-8-9-20(15)2)14-10-17(14)4-6-18-7-5-17/h8-9,13-14,18H,4-7,10-12H2,1-3H3/t13-,14+/m1/s1. The molecule has 2 heterocycles. The van der Waals surface area contributed by atoms with Crippen molar-refractivity contribution in [3.63, 3.8) is 0 Å². The molecule has 5 nitrogen and oxygen atoms in total. The van der Waals surface area contributed by atoms with E-state index < -0.39 is 0 Å². The van der Waals surface area contributed by atoms with E-state index in [1.165, 1.54) is 12.8 Å². The molecule has 2 fully saturated rings. The fraction of sp³-hybridized carbons (Fsp3) is 0.765. The summed E-state index contributed by atoms with van der Waals surface area (Å²) in [5, 5.41) is 3.44. The summed E-state index contributed by atoms with van der Waals surface area (Å²) >= 11 is 1.75. The summed E-state index contributed by atoms with van der Waals surface area (Å²) in [7, 11) is 2.00. The molecule has 0 unspecified atom stereocenters. The first-order valence-corrected chi connectivity index (χ1v) is 9.93. The van der Waals surface area contributed by atoms with E-state index in [1.807, 2.05) is 24.0 Å². The number of aromatic nitrogens is 2. The van der Waals surface area contributed by atoms with Crippen LogP contribution in [0.3, 0.4) is 0 Å². The first-order valence-electron chi connectivity index (χ1n) is 8.54. The molecule has 1 spiro atoms. The maximum atomic E-state index is 13.0. The maximum Gasteiger partial charge on any atom is 0.226 e. The molecule has 1 amide bonds. The Balaban J connectivity index is 1.76. The van der Waals surface area contributed by atoms with Crippen molar-refractivity contribution in [1.82, 2.24) is 19.8 Å². The molecule has 2 aliphatic rings. The van der Waals surface area contributed by atoms with Gasteiger partial charge < -0.3 is 14.8 Å². The van der Waals surface area contributed by atoms with Crippen molar-refractivity contribution < 1.29 is 4.79 Å². The van der Waals surface area contributed by atoms with Crippen LogP contribution < -0.4 is 5.32 Å². The Labute approximate surface area is 143 Å². The Bertz CT molecular complexity index is 553. The lowest BCUT2D eigenvalue weighted by atomic mass is 9.93. The minimum atomic E-state index is 0.0737. The summed E-state index contributed by atoms with van der Waals surface area (Å²) in [6, 6.07) is 0.401. The third-order valence-electron chi connectivity index (χ3n) is 5.48. The minimum Gasteiger partial charge on any atom is -0.337 e. The van der Waals surface area contributed by atoms with Gasteiger partial charge in [0.2, 0.25) is 5.91 Å². The Kier molecular flexibility index (Phi) is 5.01. The van der Waals surface area contributed by atoms with E-state index in [9.17, 15) is 4.79 Å². The van der Waals surface area contributed by atoms with Crippen LogP contribution in [-0.2, 0) is 18.4 Å². The van der Waals surface area contributed by atoms with Gasteiger partial charge in [0.05, 0.1) is 6.54 Å². The second kappa shape index (κ2) is 6.85. The van der Waals surface area contributed by atoms with Crippen LogP contribution >= 0.6 is 11.8 Å². The highest BCUT2D eigenvalue weighted by molar-refractivity contribution is 7.98. The van der Waals surface area contributed by atoms with E-state index in [4.69, 9.17) is 0 Å². The second-order valence-corrected chi connectivity index (χ2v) is 8.02. The highest BCUT2D eigenvalue weighted by Gasteiger charge is 2.58. The van der Waals surface area contributed by atoms with Gasteiger partial charge in [0.15, 0.2) is 0 Å². The van der Waals surface area contributed by atoms with Crippen LogP contribution in [-0.4, -0.2) is 51.5 Å². The number of thioether (sulfide) groups is 1. The predicted molar refractivity (Wildman–Crippen MR) is 94.2 cm³/mol. The molecule has 1 saturated heterocycles. The third-order valence-corrected chi connectivity index (χ3v) is 6.31. The number of carbonyl (C=O) groups excluding carboxylic acids is 1. The largest absolute Gasteiger partial charge is 0.337 e. The smallest absolute Gasteiger partial charge is 0.226 e. The van der Waals surface area contributed by atoms with Crippen molar-refractivity contribution in [3.8, 4) is 0 Å². The van der Waals surface area contributed by atoms with Gasteiger partial charge in [-0.2, -0.15) is 11.8 Å². The monoisotopic (exact) mass is 336 g/mol. The molecule has 1 N–H and O–H groups in total. The van der Waals surface area contributed by atoms with Crippen LogP contribution in [0.25, 0.3) is 0 Å². The van der Waals surface area contributed by atoms with Gasteiger partial charge in [-0.1, -0.05) is 6.92 Å². The first kappa shape index (κ1) is 16.8. The highest BCUT2D eigenvalue weighted by Crippen LogP contribution is 2.56. The number of aryl methyl sites for hydroxylation is 1. The minimum absolute atomic E-state index is 0.0737. The van der Waals surface area contributed by atoms with Gasteiger partial charge in [-0.25, -0.2) is 4.98 Å².